The standard InChI is InChI=1S/C22H17F8N3O3S/c23-19(24)13-12-33(37(35,36)17-7-2-1-4-14(17)21(25,26)27)16-6-3-5-15(18(13)16)31-8-10-32(11-9-31)20(34)22(28,29)30/h1-7,12,19H,8-11H2. The SMILES string of the molecule is O=C(N1CCN(c2cccc3c2c(C(F)F)cn3S(=O)(=O)c2ccccc2C(F)(F)F)CC1)C(F)(F)F. The number of carbonyl (C=O) groups is 1. The monoisotopic (exact) mass is 555 g/mol. The molecule has 0 radical (unpaired) electrons. The second-order valence-electron chi connectivity index (χ2n) is 8.13. The number of hydrogen-bond acceptors (Lipinski definition) is 4. The van der Waals surface area contributed by atoms with Crippen LogP contribution in [0.2, 0.25) is 0 Å². The van der Waals surface area contributed by atoms with E-state index in [-0.39, 0.29) is 42.8 Å². The summed E-state index contributed by atoms with van der Waals surface area (Å²) in [6, 6.07) is 7.10. The van der Waals surface area contributed by atoms with E-state index in [0.717, 1.165) is 18.2 Å². The molecule has 0 atom stereocenters. The summed E-state index contributed by atoms with van der Waals surface area (Å²) in [5, 5.41) is -0.277. The molecule has 0 aliphatic carbocycles. The van der Waals surface area contributed by atoms with Gasteiger partial charge < -0.3 is 9.80 Å². The summed E-state index contributed by atoms with van der Waals surface area (Å²) >= 11 is 0. The fourth-order valence-corrected chi connectivity index (χ4v) is 5.84. The molecule has 0 spiro atoms. The van der Waals surface area contributed by atoms with Crippen LogP contribution in [0.3, 0.4) is 0 Å². The van der Waals surface area contributed by atoms with E-state index in [1.165, 1.54) is 17.0 Å². The van der Waals surface area contributed by atoms with Crippen molar-refractivity contribution in [3.8, 4) is 0 Å². The van der Waals surface area contributed by atoms with Crippen molar-refractivity contribution in [3.05, 3.63) is 59.8 Å². The Labute approximate surface area is 204 Å². The van der Waals surface area contributed by atoms with Gasteiger partial charge in [0, 0.05) is 49.0 Å². The number of nitrogens with zero attached hydrogens (tertiary/aromatic N) is 3. The molecule has 0 unspecified atom stereocenters. The smallest absolute Gasteiger partial charge is 0.367 e. The van der Waals surface area contributed by atoms with E-state index >= 15 is 0 Å². The predicted octanol–water partition coefficient (Wildman–Crippen LogP) is 5.05. The minimum Gasteiger partial charge on any atom is -0.367 e. The molecule has 15 heteroatoms. The first-order chi connectivity index (χ1) is 17.1. The van der Waals surface area contributed by atoms with Crippen LogP contribution in [-0.2, 0) is 21.0 Å². The van der Waals surface area contributed by atoms with Crippen molar-refractivity contribution >= 4 is 32.5 Å². The number of aromatic nitrogens is 1. The third-order valence-corrected chi connectivity index (χ3v) is 7.65. The number of alkyl halides is 8. The molecule has 37 heavy (non-hydrogen) atoms. The molecule has 0 N–H and O–H groups in total. The molecule has 1 aliphatic rings. The zero-order valence-corrected chi connectivity index (χ0v) is 19.3. The molecule has 1 aliphatic heterocycles. The van der Waals surface area contributed by atoms with Crippen molar-refractivity contribution in [2.75, 3.05) is 31.1 Å². The lowest BCUT2D eigenvalue weighted by Gasteiger charge is -2.36. The van der Waals surface area contributed by atoms with Gasteiger partial charge in [-0.3, -0.25) is 4.79 Å². The third kappa shape index (κ3) is 4.83. The van der Waals surface area contributed by atoms with Gasteiger partial charge in [-0.2, -0.15) is 26.3 Å². The van der Waals surface area contributed by atoms with Gasteiger partial charge in [0.1, 0.15) is 4.90 Å². The Hall–Kier alpha value is -3.36. The summed E-state index contributed by atoms with van der Waals surface area (Å²) in [6.45, 7) is -1.12. The molecule has 1 fully saturated rings. The van der Waals surface area contributed by atoms with Crippen molar-refractivity contribution in [2.45, 2.75) is 23.7 Å². The van der Waals surface area contributed by atoms with Crippen LogP contribution in [-0.4, -0.2) is 55.6 Å². The van der Waals surface area contributed by atoms with E-state index in [9.17, 15) is 48.3 Å². The molecule has 4 rings (SSSR count). The van der Waals surface area contributed by atoms with Crippen molar-refractivity contribution in [3.63, 3.8) is 0 Å². The number of carbonyl (C=O) groups excluding carboxylic acids is 1. The van der Waals surface area contributed by atoms with Crippen LogP contribution in [0.4, 0.5) is 40.8 Å². The Morgan fingerprint density at radius 2 is 1.49 bits per heavy atom. The highest BCUT2D eigenvalue weighted by Crippen LogP contribution is 2.40. The highest BCUT2D eigenvalue weighted by molar-refractivity contribution is 7.90. The van der Waals surface area contributed by atoms with E-state index in [1.54, 1.807) is 0 Å². The van der Waals surface area contributed by atoms with E-state index in [1.807, 2.05) is 0 Å². The van der Waals surface area contributed by atoms with Gasteiger partial charge in [-0.1, -0.05) is 18.2 Å². The molecular formula is C22H17F8N3O3S. The number of rotatable bonds is 4. The zero-order chi connectivity index (χ0) is 27.3. The topological polar surface area (TPSA) is 62.6 Å². The maximum atomic E-state index is 14.0. The number of piperazine rings is 1. The normalized spacial score (nSPS) is 15.6. The first kappa shape index (κ1) is 26.7. The summed E-state index contributed by atoms with van der Waals surface area (Å²) in [4.78, 5) is 12.3. The lowest BCUT2D eigenvalue weighted by molar-refractivity contribution is -0.185. The van der Waals surface area contributed by atoms with Gasteiger partial charge in [0.15, 0.2) is 0 Å². The highest BCUT2D eigenvalue weighted by Gasteiger charge is 2.43. The van der Waals surface area contributed by atoms with Crippen LogP contribution in [0, 0.1) is 0 Å². The summed E-state index contributed by atoms with van der Waals surface area (Å²) in [5.74, 6) is -2.04. The van der Waals surface area contributed by atoms with Crippen molar-refractivity contribution in [1.82, 2.24) is 8.87 Å². The Bertz CT molecular complexity index is 1440. The largest absolute Gasteiger partial charge is 0.471 e. The maximum absolute atomic E-state index is 14.0. The van der Waals surface area contributed by atoms with Gasteiger partial charge in [-0.15, -0.1) is 0 Å². The number of halogens is 8. The molecule has 0 bridgehead atoms. The number of anilines is 1. The Morgan fingerprint density at radius 3 is 2.05 bits per heavy atom. The minimum atomic E-state index is -5.08. The van der Waals surface area contributed by atoms with Crippen LogP contribution in [0.5, 0.6) is 0 Å². The number of benzene rings is 2. The molecule has 1 aromatic heterocycles. The van der Waals surface area contributed by atoms with Crippen molar-refractivity contribution < 1.29 is 48.3 Å². The first-order valence-electron chi connectivity index (χ1n) is 10.6. The van der Waals surface area contributed by atoms with E-state index in [0.29, 0.717) is 27.2 Å². The third-order valence-electron chi connectivity index (χ3n) is 5.92. The van der Waals surface area contributed by atoms with Gasteiger partial charge in [-0.25, -0.2) is 21.2 Å². The van der Waals surface area contributed by atoms with Crippen LogP contribution >= 0.6 is 0 Å². The Morgan fingerprint density at radius 1 is 0.865 bits per heavy atom. The van der Waals surface area contributed by atoms with Crippen molar-refractivity contribution in [1.29, 1.82) is 0 Å². The van der Waals surface area contributed by atoms with Crippen LogP contribution < -0.4 is 4.90 Å². The summed E-state index contributed by atoms with van der Waals surface area (Å²) in [5.41, 5.74) is -2.55. The Balaban J connectivity index is 1.81. The lowest BCUT2D eigenvalue weighted by atomic mass is 10.1. The van der Waals surface area contributed by atoms with E-state index in [2.05, 4.69) is 0 Å². The summed E-state index contributed by atoms with van der Waals surface area (Å²) in [6.07, 6.45) is -12.8. The lowest BCUT2D eigenvalue weighted by Crippen LogP contribution is -2.52. The predicted molar refractivity (Wildman–Crippen MR) is 116 cm³/mol. The molecule has 2 heterocycles. The summed E-state index contributed by atoms with van der Waals surface area (Å²) in [7, 11) is -5.01. The highest BCUT2D eigenvalue weighted by atomic mass is 32.2. The fraction of sp³-hybridized carbons (Fsp3) is 0.318. The van der Waals surface area contributed by atoms with Gasteiger partial charge in [0.05, 0.1) is 11.1 Å². The number of amides is 1. The molecule has 3 aromatic rings. The first-order valence-corrected chi connectivity index (χ1v) is 12.0. The average molecular weight is 555 g/mol. The van der Waals surface area contributed by atoms with Gasteiger partial charge in [0.25, 0.3) is 16.4 Å². The fourth-order valence-electron chi connectivity index (χ4n) is 4.26. The second-order valence-corrected chi connectivity index (χ2v) is 9.91. The van der Waals surface area contributed by atoms with Gasteiger partial charge in [-0.05, 0) is 24.3 Å². The van der Waals surface area contributed by atoms with Crippen LogP contribution in [0.15, 0.2) is 53.6 Å². The van der Waals surface area contributed by atoms with Crippen LogP contribution in [0.1, 0.15) is 17.6 Å². The molecule has 1 saturated heterocycles. The number of hydrogen-bond donors (Lipinski definition) is 0. The second kappa shape index (κ2) is 9.19. The summed E-state index contributed by atoms with van der Waals surface area (Å²) < 4.78 is 134. The molecule has 0 saturated carbocycles. The quantitative estimate of drug-likeness (QED) is 0.423. The Kier molecular flexibility index (Phi) is 6.63. The minimum absolute atomic E-state index is 0.0463. The van der Waals surface area contributed by atoms with Crippen molar-refractivity contribution in [2.24, 2.45) is 0 Å². The molecule has 1 amide bonds. The zero-order valence-electron chi connectivity index (χ0n) is 18.5. The van der Waals surface area contributed by atoms with Gasteiger partial charge in [0.2, 0.25) is 0 Å². The molecular weight excluding hydrogens is 538 g/mol. The molecule has 2 aromatic carbocycles. The molecule has 200 valence electrons. The van der Waals surface area contributed by atoms with Crippen LogP contribution in [0.25, 0.3) is 10.9 Å². The number of fused-ring (bicyclic) bond motifs is 1. The molecule has 6 nitrogen and oxygen atoms in total. The van der Waals surface area contributed by atoms with E-state index in [4.69, 9.17) is 0 Å². The maximum Gasteiger partial charge on any atom is 0.471 e. The van der Waals surface area contributed by atoms with Gasteiger partial charge >= 0.3 is 18.3 Å². The van der Waals surface area contributed by atoms with E-state index < -0.39 is 50.7 Å². The average Bonchev–Trinajstić information content (AvgIpc) is 3.24.